The first-order valence-electron chi connectivity index (χ1n) is 34.5. The molecule has 0 rings (SSSR count). The lowest BCUT2D eigenvalue weighted by molar-refractivity contribution is -0.167. The van der Waals surface area contributed by atoms with E-state index in [-0.39, 0.29) is 31.1 Å². The minimum absolute atomic E-state index is 0.0860. The monoisotopic (exact) mass is 1140 g/mol. The number of hydrogen-bond acceptors (Lipinski definition) is 6. The summed E-state index contributed by atoms with van der Waals surface area (Å²) in [7, 11) is 0. The molecule has 0 spiro atoms. The molecule has 0 aromatic heterocycles. The minimum atomic E-state index is -0.790. The minimum Gasteiger partial charge on any atom is -0.462 e. The highest BCUT2D eigenvalue weighted by molar-refractivity contribution is 5.71. The number of unbranched alkanes of at least 4 members (excludes halogenated alkanes) is 31. The summed E-state index contributed by atoms with van der Waals surface area (Å²) in [6, 6.07) is 0. The third-order valence-corrected chi connectivity index (χ3v) is 14.7. The van der Waals surface area contributed by atoms with E-state index < -0.39 is 6.10 Å². The van der Waals surface area contributed by atoms with Gasteiger partial charge in [-0.1, -0.05) is 316 Å². The van der Waals surface area contributed by atoms with Crippen LogP contribution in [0.1, 0.15) is 323 Å². The zero-order valence-electron chi connectivity index (χ0n) is 53.7. The van der Waals surface area contributed by atoms with Crippen LogP contribution in [0.3, 0.4) is 0 Å². The van der Waals surface area contributed by atoms with Crippen LogP contribution >= 0.6 is 0 Å². The van der Waals surface area contributed by atoms with Crippen molar-refractivity contribution >= 4 is 17.9 Å². The quantitative estimate of drug-likeness (QED) is 0.0261. The molecule has 0 amide bonds. The molecule has 0 aromatic carbocycles. The van der Waals surface area contributed by atoms with Crippen LogP contribution in [0, 0.1) is 0 Å². The topological polar surface area (TPSA) is 78.9 Å². The fourth-order valence-electron chi connectivity index (χ4n) is 9.62. The maximum absolute atomic E-state index is 12.9. The number of carbonyl (C=O) groups excluding carboxylic acids is 3. The highest BCUT2D eigenvalue weighted by Crippen LogP contribution is 2.17. The Hall–Kier alpha value is -4.19. The second-order valence-corrected chi connectivity index (χ2v) is 22.7. The van der Waals surface area contributed by atoms with E-state index in [1.807, 2.05) is 0 Å². The second-order valence-electron chi connectivity index (χ2n) is 22.7. The molecule has 1 unspecified atom stereocenters. The first-order valence-corrected chi connectivity index (χ1v) is 34.5. The van der Waals surface area contributed by atoms with E-state index in [0.717, 1.165) is 148 Å². The molecule has 0 heterocycles. The Morgan fingerprint density at radius 2 is 0.476 bits per heavy atom. The Balaban J connectivity index is 4.32. The molecule has 0 radical (unpaired) electrons. The predicted molar refractivity (Wildman–Crippen MR) is 357 cm³/mol. The number of rotatable bonds is 62. The average molecular weight is 1140 g/mol. The molecule has 82 heavy (non-hydrogen) atoms. The first kappa shape index (κ1) is 77.8. The van der Waals surface area contributed by atoms with Gasteiger partial charge in [0.1, 0.15) is 13.2 Å². The van der Waals surface area contributed by atoms with E-state index in [9.17, 15) is 14.4 Å². The van der Waals surface area contributed by atoms with E-state index >= 15 is 0 Å². The highest BCUT2D eigenvalue weighted by atomic mass is 16.6. The maximum atomic E-state index is 12.9. The van der Waals surface area contributed by atoms with Crippen LogP contribution in [0.5, 0.6) is 0 Å². The van der Waals surface area contributed by atoms with Crippen molar-refractivity contribution in [1.29, 1.82) is 0 Å². The molecular weight excluding hydrogens is 1010 g/mol. The van der Waals surface area contributed by atoms with E-state index in [2.05, 4.69) is 142 Å². The Morgan fingerprint density at radius 1 is 0.256 bits per heavy atom. The molecule has 0 bridgehead atoms. The highest BCUT2D eigenvalue weighted by Gasteiger charge is 2.19. The third kappa shape index (κ3) is 66.6. The van der Waals surface area contributed by atoms with Gasteiger partial charge < -0.3 is 14.2 Å². The number of allylic oxidation sites excluding steroid dienone is 20. The van der Waals surface area contributed by atoms with E-state index in [0.29, 0.717) is 19.3 Å². The van der Waals surface area contributed by atoms with Crippen LogP contribution in [0.25, 0.3) is 0 Å². The summed E-state index contributed by atoms with van der Waals surface area (Å²) < 4.78 is 17.0. The number of carbonyl (C=O) groups is 3. The Bertz CT molecular complexity index is 1690. The predicted octanol–water partition coefficient (Wildman–Crippen LogP) is 23.9. The molecule has 6 heteroatoms. The van der Waals surface area contributed by atoms with Crippen LogP contribution in [0.2, 0.25) is 0 Å². The van der Waals surface area contributed by atoms with Crippen molar-refractivity contribution in [2.45, 2.75) is 329 Å². The zero-order chi connectivity index (χ0) is 59.2. The fourth-order valence-corrected chi connectivity index (χ4v) is 9.62. The third-order valence-electron chi connectivity index (χ3n) is 14.7. The normalized spacial score (nSPS) is 12.9. The van der Waals surface area contributed by atoms with Crippen molar-refractivity contribution in [3.63, 3.8) is 0 Å². The van der Waals surface area contributed by atoms with Crippen LogP contribution in [0.15, 0.2) is 122 Å². The summed E-state index contributed by atoms with van der Waals surface area (Å²) in [5.74, 6) is -0.896. The van der Waals surface area contributed by atoms with Gasteiger partial charge in [0.25, 0.3) is 0 Å². The van der Waals surface area contributed by atoms with Gasteiger partial charge >= 0.3 is 17.9 Å². The Morgan fingerprint density at radius 3 is 0.744 bits per heavy atom. The molecule has 0 aliphatic rings. The lowest BCUT2D eigenvalue weighted by Gasteiger charge is -2.18. The molecule has 1 atom stereocenters. The van der Waals surface area contributed by atoms with E-state index in [1.165, 1.54) is 135 Å². The molecule has 0 N–H and O–H groups in total. The van der Waals surface area contributed by atoms with Gasteiger partial charge in [-0.05, 0) is 109 Å². The van der Waals surface area contributed by atoms with Gasteiger partial charge in [-0.15, -0.1) is 0 Å². The summed E-state index contributed by atoms with van der Waals surface area (Å²) in [6.07, 6.45) is 96.4. The zero-order valence-corrected chi connectivity index (χ0v) is 53.7. The van der Waals surface area contributed by atoms with E-state index in [4.69, 9.17) is 14.2 Å². The van der Waals surface area contributed by atoms with Crippen molar-refractivity contribution in [1.82, 2.24) is 0 Å². The summed E-state index contributed by atoms with van der Waals surface area (Å²) >= 11 is 0. The lowest BCUT2D eigenvalue weighted by Crippen LogP contribution is -2.30. The smallest absolute Gasteiger partial charge is 0.306 e. The molecule has 0 saturated carbocycles. The molecule has 468 valence electrons. The summed E-state index contributed by atoms with van der Waals surface area (Å²) in [5.41, 5.74) is 0. The Kier molecular flexibility index (Phi) is 65.8. The maximum Gasteiger partial charge on any atom is 0.306 e. The van der Waals surface area contributed by atoms with Crippen LogP contribution < -0.4 is 0 Å². The SMILES string of the molecule is CC/C=C\C/C=C\C/C=C\C/C=C\C/C=C\C/C=C\C/C=C\CCCCCCCCCCCC(=O)OCC(COC(=O)CCCCCCC/C=C\C/C=C\C/C=C\CC)OC(=O)CCCCCCCCCCCCCCCCCCCC. The second kappa shape index (κ2) is 69.3. The molecule has 0 fully saturated rings. The van der Waals surface area contributed by atoms with Crippen molar-refractivity contribution in [2.75, 3.05) is 13.2 Å². The van der Waals surface area contributed by atoms with Crippen molar-refractivity contribution in [3.8, 4) is 0 Å². The molecule has 0 saturated heterocycles. The van der Waals surface area contributed by atoms with Crippen LogP contribution in [-0.2, 0) is 28.6 Å². The van der Waals surface area contributed by atoms with Crippen LogP contribution in [0.4, 0.5) is 0 Å². The van der Waals surface area contributed by atoms with Gasteiger partial charge in [-0.25, -0.2) is 0 Å². The average Bonchev–Trinajstić information content (AvgIpc) is 3.47. The summed E-state index contributed by atoms with van der Waals surface area (Å²) in [5, 5.41) is 0. The fraction of sp³-hybridized carbons (Fsp3) is 0.697. The molecule has 0 aliphatic heterocycles. The van der Waals surface area contributed by atoms with Crippen molar-refractivity contribution in [2.24, 2.45) is 0 Å². The van der Waals surface area contributed by atoms with Gasteiger partial charge in [0, 0.05) is 19.3 Å². The first-order chi connectivity index (χ1) is 40.5. The van der Waals surface area contributed by atoms with Gasteiger partial charge in [-0.2, -0.15) is 0 Å². The number of hydrogen-bond donors (Lipinski definition) is 0. The Labute approximate surface area is 507 Å². The standard InChI is InChI=1S/C76H128O6/c1-4-7-10-13-16-19-22-25-28-30-32-33-34-35-36-37-38-39-40-41-42-43-44-46-48-51-54-57-60-63-66-69-75(78)81-72-73(71-80-74(77)68-65-62-59-56-53-50-47-27-24-21-18-15-12-9-6-3)82-76(79)70-67-64-61-58-55-52-49-45-31-29-26-23-20-17-14-11-8-5-2/h7,9-10,12,16,18-19,21,25,27-28,32-33,35-36,38-39,41-42,47,73H,4-6,8,11,13-15,17,20,22-24,26,29-31,34,37,40,43-46,48-72H2,1-3H3/b10-7-,12-9-,19-16-,21-18-,28-25-,33-32-,36-35-,39-38-,42-41-,47-27-. The molecule has 0 aromatic rings. The van der Waals surface area contributed by atoms with Crippen LogP contribution in [-0.4, -0.2) is 37.2 Å². The summed E-state index contributed by atoms with van der Waals surface area (Å²) in [4.78, 5) is 38.4. The van der Waals surface area contributed by atoms with Gasteiger partial charge in [0.05, 0.1) is 0 Å². The summed E-state index contributed by atoms with van der Waals surface area (Å²) in [6.45, 7) is 6.43. The largest absolute Gasteiger partial charge is 0.462 e. The molecular formula is C76H128O6. The van der Waals surface area contributed by atoms with Crippen molar-refractivity contribution in [3.05, 3.63) is 122 Å². The van der Waals surface area contributed by atoms with E-state index in [1.54, 1.807) is 0 Å². The number of ether oxygens (including phenoxy) is 3. The van der Waals surface area contributed by atoms with Gasteiger partial charge in [0.15, 0.2) is 6.10 Å². The van der Waals surface area contributed by atoms with Gasteiger partial charge in [0.2, 0.25) is 0 Å². The van der Waals surface area contributed by atoms with Crippen molar-refractivity contribution < 1.29 is 28.6 Å². The molecule has 0 aliphatic carbocycles. The number of esters is 3. The van der Waals surface area contributed by atoms with Gasteiger partial charge in [-0.3, -0.25) is 14.4 Å². The lowest BCUT2D eigenvalue weighted by atomic mass is 10.0. The molecule has 6 nitrogen and oxygen atoms in total.